The first-order chi connectivity index (χ1) is 4.70. The summed E-state index contributed by atoms with van der Waals surface area (Å²) >= 11 is 5.33. The first kappa shape index (κ1) is 10.4. The molecule has 0 aliphatic rings. The van der Waals surface area contributed by atoms with Gasteiger partial charge < -0.3 is 9.90 Å². The Hall–Kier alpha value is -0.563. The number of hydrogen-bond acceptors (Lipinski definition) is 4. The number of carbonyl (C=O) groups is 1. The summed E-state index contributed by atoms with van der Waals surface area (Å²) in [6.45, 7) is 0. The third kappa shape index (κ3) is 2.89. The first-order valence-corrected chi connectivity index (χ1v) is 2.77. The van der Waals surface area contributed by atoms with Gasteiger partial charge in [0.25, 0.3) is 0 Å². The number of aromatic carboxylic acids is 1. The van der Waals surface area contributed by atoms with Crippen LogP contribution in [0.3, 0.4) is 0 Å². The molecule has 1 heterocycles. The average Bonchev–Trinajstić information content (AvgIpc) is 1.88. The first-order valence-electron chi connectivity index (χ1n) is 2.39. The SMILES string of the molecule is O=C([O-])c1cnc(Cl)cn1.[Li+]. The van der Waals surface area contributed by atoms with Crippen molar-refractivity contribution < 1.29 is 28.8 Å². The fourth-order valence-electron chi connectivity index (χ4n) is 0.418. The number of halogens is 1. The Bertz CT molecular complexity index is 251. The molecule has 0 aliphatic carbocycles. The molecule has 4 nitrogen and oxygen atoms in total. The zero-order valence-corrected chi connectivity index (χ0v) is 6.50. The van der Waals surface area contributed by atoms with Gasteiger partial charge in [-0.3, -0.25) is 4.98 Å². The third-order valence-electron chi connectivity index (χ3n) is 0.829. The van der Waals surface area contributed by atoms with Gasteiger partial charge in [-0.15, -0.1) is 0 Å². The number of hydrogen-bond donors (Lipinski definition) is 0. The van der Waals surface area contributed by atoms with Gasteiger partial charge in [0.05, 0.1) is 18.4 Å². The molecule has 1 rings (SSSR count). The van der Waals surface area contributed by atoms with Crippen LogP contribution in [0.5, 0.6) is 0 Å². The normalized spacial score (nSPS) is 8.45. The van der Waals surface area contributed by atoms with Gasteiger partial charge in [0.2, 0.25) is 0 Å². The van der Waals surface area contributed by atoms with Crippen molar-refractivity contribution >= 4 is 17.6 Å². The summed E-state index contributed by atoms with van der Waals surface area (Å²) in [7, 11) is 0. The molecule has 0 aromatic carbocycles. The molecule has 0 spiro atoms. The summed E-state index contributed by atoms with van der Waals surface area (Å²) in [6, 6.07) is 0. The molecule has 0 saturated carbocycles. The van der Waals surface area contributed by atoms with Gasteiger partial charge in [0.15, 0.2) is 0 Å². The smallest absolute Gasteiger partial charge is 0.543 e. The second-order valence-electron chi connectivity index (χ2n) is 1.51. The van der Waals surface area contributed by atoms with Crippen LogP contribution < -0.4 is 24.0 Å². The molecule has 0 aliphatic heterocycles. The third-order valence-corrected chi connectivity index (χ3v) is 1.02. The maximum Gasteiger partial charge on any atom is 1.00 e. The molecular weight excluding hydrogens is 162 g/mol. The predicted molar refractivity (Wildman–Crippen MR) is 31.4 cm³/mol. The number of aromatic nitrogens is 2. The van der Waals surface area contributed by atoms with E-state index in [1.54, 1.807) is 0 Å². The van der Waals surface area contributed by atoms with E-state index in [1.165, 1.54) is 0 Å². The van der Waals surface area contributed by atoms with Crippen LogP contribution >= 0.6 is 11.6 Å². The Morgan fingerprint density at radius 3 is 2.45 bits per heavy atom. The molecule has 0 saturated heterocycles. The number of carboxylic acid groups (broad SMARTS) is 1. The van der Waals surface area contributed by atoms with Crippen molar-refractivity contribution in [2.45, 2.75) is 0 Å². The minimum atomic E-state index is -1.36. The van der Waals surface area contributed by atoms with E-state index in [2.05, 4.69) is 9.97 Å². The van der Waals surface area contributed by atoms with E-state index < -0.39 is 5.97 Å². The molecule has 0 amide bonds. The van der Waals surface area contributed by atoms with Gasteiger partial charge in [0.1, 0.15) is 10.8 Å². The van der Waals surface area contributed by atoms with Crippen molar-refractivity contribution in [1.29, 1.82) is 0 Å². The van der Waals surface area contributed by atoms with Crippen LogP contribution in [0.4, 0.5) is 0 Å². The standard InChI is InChI=1S/C5H3ClN2O2.Li/c6-4-2-7-3(1-8-4)5(9)10;/h1-2H,(H,9,10);/q;+1/p-1. The zero-order chi connectivity index (χ0) is 7.56. The molecule has 1 aromatic rings. The Kier molecular flexibility index (Phi) is 4.12. The van der Waals surface area contributed by atoms with Gasteiger partial charge >= 0.3 is 18.9 Å². The van der Waals surface area contributed by atoms with E-state index >= 15 is 0 Å². The van der Waals surface area contributed by atoms with Gasteiger partial charge in [-0.2, -0.15) is 0 Å². The minimum absolute atomic E-state index is 0. The van der Waals surface area contributed by atoms with Gasteiger partial charge in [-0.25, -0.2) is 4.98 Å². The van der Waals surface area contributed by atoms with E-state index in [0.29, 0.717) is 0 Å². The van der Waals surface area contributed by atoms with E-state index in [1.807, 2.05) is 0 Å². The van der Waals surface area contributed by atoms with Crippen LogP contribution in [0.1, 0.15) is 10.5 Å². The Balaban J connectivity index is 0.000001000. The topological polar surface area (TPSA) is 65.9 Å². The van der Waals surface area contributed by atoms with Crippen molar-refractivity contribution in [3.8, 4) is 0 Å². The van der Waals surface area contributed by atoms with E-state index in [-0.39, 0.29) is 29.7 Å². The van der Waals surface area contributed by atoms with Crippen molar-refractivity contribution in [2.75, 3.05) is 0 Å². The van der Waals surface area contributed by atoms with Crippen molar-refractivity contribution in [3.63, 3.8) is 0 Å². The van der Waals surface area contributed by atoms with Crippen LogP contribution in [0.25, 0.3) is 0 Å². The molecule has 0 unspecified atom stereocenters. The predicted octanol–water partition coefficient (Wildman–Crippen LogP) is -3.50. The largest absolute Gasteiger partial charge is 1.00 e. The van der Waals surface area contributed by atoms with E-state index in [0.717, 1.165) is 12.4 Å². The maximum absolute atomic E-state index is 10.1. The molecule has 11 heavy (non-hydrogen) atoms. The summed E-state index contributed by atoms with van der Waals surface area (Å²) in [4.78, 5) is 17.0. The second-order valence-corrected chi connectivity index (χ2v) is 1.90. The Morgan fingerprint density at radius 1 is 1.45 bits per heavy atom. The molecule has 0 fully saturated rings. The number of rotatable bonds is 1. The van der Waals surface area contributed by atoms with Crippen molar-refractivity contribution in [2.24, 2.45) is 0 Å². The zero-order valence-electron chi connectivity index (χ0n) is 5.74. The number of carbonyl (C=O) groups excluding carboxylic acids is 1. The van der Waals surface area contributed by atoms with Crippen LogP contribution in [0, 0.1) is 0 Å². The molecular formula is C5H2ClLiN2O2. The van der Waals surface area contributed by atoms with Gasteiger partial charge in [0, 0.05) is 0 Å². The van der Waals surface area contributed by atoms with E-state index in [9.17, 15) is 9.90 Å². The molecule has 0 bridgehead atoms. The molecule has 6 heteroatoms. The van der Waals surface area contributed by atoms with Gasteiger partial charge in [-0.05, 0) is 0 Å². The van der Waals surface area contributed by atoms with Crippen LogP contribution in [0.2, 0.25) is 5.15 Å². The van der Waals surface area contributed by atoms with Gasteiger partial charge in [-0.1, -0.05) is 11.6 Å². The summed E-state index contributed by atoms with van der Waals surface area (Å²) in [5, 5.41) is 10.2. The Morgan fingerprint density at radius 2 is 2.09 bits per heavy atom. The number of carboxylic acids is 1. The Labute approximate surface area is 79.8 Å². The summed E-state index contributed by atoms with van der Waals surface area (Å²) < 4.78 is 0. The second kappa shape index (κ2) is 4.34. The van der Waals surface area contributed by atoms with E-state index in [4.69, 9.17) is 11.6 Å². The minimum Gasteiger partial charge on any atom is -0.543 e. The molecule has 52 valence electrons. The van der Waals surface area contributed by atoms with Crippen LogP contribution in [0.15, 0.2) is 12.4 Å². The summed E-state index contributed by atoms with van der Waals surface area (Å²) in [5.74, 6) is -1.36. The summed E-state index contributed by atoms with van der Waals surface area (Å²) in [5.41, 5.74) is -0.218. The molecule has 0 N–H and O–H groups in total. The monoisotopic (exact) mass is 164 g/mol. The number of nitrogens with zero attached hydrogens (tertiary/aromatic N) is 2. The fourth-order valence-corrected chi connectivity index (χ4v) is 0.515. The van der Waals surface area contributed by atoms with Crippen LogP contribution in [-0.2, 0) is 0 Å². The quantitative estimate of drug-likeness (QED) is 0.404. The van der Waals surface area contributed by atoms with Crippen LogP contribution in [-0.4, -0.2) is 15.9 Å². The molecule has 0 atom stereocenters. The average molecular weight is 164 g/mol. The summed E-state index contributed by atoms with van der Waals surface area (Å²) in [6.07, 6.45) is 2.18. The molecule has 0 radical (unpaired) electrons. The maximum atomic E-state index is 10.1. The molecule has 1 aromatic heterocycles. The fraction of sp³-hybridized carbons (Fsp3) is 0. The van der Waals surface area contributed by atoms with Crippen molar-refractivity contribution in [3.05, 3.63) is 23.2 Å². The van der Waals surface area contributed by atoms with Crippen molar-refractivity contribution in [1.82, 2.24) is 9.97 Å².